The maximum absolute atomic E-state index is 4.87. The predicted molar refractivity (Wildman–Crippen MR) is 38.5 cm³/mol. The normalized spacial score (nSPS) is 11.2. The van der Waals surface area contributed by atoms with Crippen molar-refractivity contribution in [3.8, 4) is 0 Å². The van der Waals surface area contributed by atoms with E-state index in [1.807, 2.05) is 13.0 Å². The molecule has 0 aliphatic rings. The Morgan fingerprint density at radius 1 is 1.78 bits per heavy atom. The molecule has 0 radical (unpaired) electrons. The summed E-state index contributed by atoms with van der Waals surface area (Å²) < 4.78 is 0. The molecule has 0 heterocycles. The lowest BCUT2D eigenvalue weighted by molar-refractivity contribution is 0.222. The van der Waals surface area contributed by atoms with Crippen molar-refractivity contribution < 1.29 is 4.84 Å². The lowest BCUT2D eigenvalue weighted by atomic mass is 10.2. The van der Waals surface area contributed by atoms with E-state index < -0.39 is 0 Å². The fraction of sp³-hybridized carbons (Fsp3) is 0.429. The summed E-state index contributed by atoms with van der Waals surface area (Å²) >= 11 is 0. The summed E-state index contributed by atoms with van der Waals surface area (Å²) in [5.41, 5.74) is 1.03. The Labute approximate surface area is 56.0 Å². The van der Waals surface area contributed by atoms with Crippen LogP contribution in [0.15, 0.2) is 24.0 Å². The molecule has 2 nitrogen and oxygen atoms in total. The zero-order valence-corrected chi connectivity index (χ0v) is 5.98. The third-order valence-corrected chi connectivity index (χ3v) is 1.05. The Morgan fingerprint density at radius 2 is 2.33 bits per heavy atom. The Hall–Kier alpha value is -0.760. The van der Waals surface area contributed by atoms with Gasteiger partial charge in [-0.1, -0.05) is 19.1 Å². The van der Waals surface area contributed by atoms with Gasteiger partial charge in [-0.25, -0.2) is 0 Å². The minimum Gasteiger partial charge on any atom is -0.416 e. The van der Waals surface area contributed by atoms with Crippen LogP contribution in [0, 0.1) is 0 Å². The van der Waals surface area contributed by atoms with Gasteiger partial charge in [-0.15, -0.1) is 0 Å². The molecule has 0 spiro atoms. The quantitative estimate of drug-likeness (QED) is 0.356. The molecule has 0 bridgehead atoms. The highest BCUT2D eigenvalue weighted by Crippen LogP contribution is 2.02. The minimum absolute atomic E-state index is 0.696. The van der Waals surface area contributed by atoms with Gasteiger partial charge in [0, 0.05) is 0 Å². The van der Waals surface area contributed by atoms with E-state index in [2.05, 4.69) is 11.4 Å². The van der Waals surface area contributed by atoms with Gasteiger partial charge in [0.2, 0.25) is 0 Å². The molecule has 0 aromatic rings. The van der Waals surface area contributed by atoms with Crippen LogP contribution in [0.25, 0.3) is 0 Å². The van der Waals surface area contributed by atoms with E-state index >= 15 is 0 Å². The molecule has 0 aromatic carbocycles. The number of hydrogen-bond acceptors (Lipinski definition) is 2. The van der Waals surface area contributed by atoms with Crippen LogP contribution in [0.1, 0.15) is 20.3 Å². The Balaban J connectivity index is 3.79. The topological polar surface area (TPSA) is 35.2 Å². The van der Waals surface area contributed by atoms with Crippen LogP contribution < -0.4 is 5.90 Å². The van der Waals surface area contributed by atoms with Gasteiger partial charge < -0.3 is 4.84 Å². The first-order valence-electron chi connectivity index (χ1n) is 2.93. The standard InChI is InChI=1S/C7H13NO/c1-4-6(2)5-7(3)9-8/h5H,2,4,8H2,1,3H3. The van der Waals surface area contributed by atoms with Crippen LogP contribution in [-0.2, 0) is 4.84 Å². The molecule has 0 saturated heterocycles. The lowest BCUT2D eigenvalue weighted by Gasteiger charge is -1.96. The minimum atomic E-state index is 0.696. The van der Waals surface area contributed by atoms with E-state index in [9.17, 15) is 0 Å². The van der Waals surface area contributed by atoms with Gasteiger partial charge >= 0.3 is 0 Å². The molecule has 0 rings (SSSR count). The molecule has 0 unspecified atom stereocenters. The van der Waals surface area contributed by atoms with E-state index in [4.69, 9.17) is 5.90 Å². The number of nitrogens with two attached hydrogens (primary N) is 1. The van der Waals surface area contributed by atoms with E-state index in [-0.39, 0.29) is 0 Å². The summed E-state index contributed by atoms with van der Waals surface area (Å²) in [5, 5.41) is 0. The van der Waals surface area contributed by atoms with Crippen molar-refractivity contribution >= 4 is 0 Å². The highest BCUT2D eigenvalue weighted by atomic mass is 16.6. The average molecular weight is 127 g/mol. The van der Waals surface area contributed by atoms with Crippen molar-refractivity contribution in [3.63, 3.8) is 0 Å². The van der Waals surface area contributed by atoms with E-state index in [0.717, 1.165) is 12.0 Å². The molecule has 0 fully saturated rings. The van der Waals surface area contributed by atoms with Gasteiger partial charge in [0.1, 0.15) is 5.76 Å². The summed E-state index contributed by atoms with van der Waals surface area (Å²) in [6.45, 7) is 7.57. The number of hydrogen-bond donors (Lipinski definition) is 1. The van der Waals surface area contributed by atoms with Crippen molar-refractivity contribution in [1.82, 2.24) is 0 Å². The zero-order valence-electron chi connectivity index (χ0n) is 5.98. The fourth-order valence-electron chi connectivity index (χ4n) is 0.424. The number of allylic oxidation sites excluding steroid dienone is 3. The second kappa shape index (κ2) is 4.15. The van der Waals surface area contributed by atoms with Crippen LogP contribution in [0.2, 0.25) is 0 Å². The molecule has 9 heavy (non-hydrogen) atoms. The highest BCUT2D eigenvalue weighted by molar-refractivity contribution is 5.15. The molecule has 0 aromatic heterocycles. The van der Waals surface area contributed by atoms with Crippen molar-refractivity contribution in [2.24, 2.45) is 5.90 Å². The molecule has 52 valence electrons. The molecule has 0 atom stereocenters. The summed E-state index contributed by atoms with van der Waals surface area (Å²) in [6.07, 6.45) is 2.75. The second-order valence-electron chi connectivity index (χ2n) is 1.88. The molecular weight excluding hydrogens is 114 g/mol. The lowest BCUT2D eigenvalue weighted by Crippen LogP contribution is -1.95. The van der Waals surface area contributed by atoms with Gasteiger partial charge in [-0.3, -0.25) is 0 Å². The third-order valence-electron chi connectivity index (χ3n) is 1.05. The maximum atomic E-state index is 4.87. The van der Waals surface area contributed by atoms with E-state index in [1.54, 1.807) is 6.92 Å². The average Bonchev–Trinajstić information content (AvgIpc) is 1.87. The summed E-state index contributed by atoms with van der Waals surface area (Å²) in [7, 11) is 0. The molecule has 2 N–H and O–H groups in total. The smallest absolute Gasteiger partial charge is 0.121 e. The van der Waals surface area contributed by atoms with Crippen LogP contribution in [0.4, 0.5) is 0 Å². The largest absolute Gasteiger partial charge is 0.416 e. The molecule has 0 aliphatic heterocycles. The summed E-state index contributed by atoms with van der Waals surface area (Å²) in [5.74, 6) is 5.56. The molecule has 0 aliphatic carbocycles. The first-order chi connectivity index (χ1) is 4.20. The molecule has 2 heteroatoms. The van der Waals surface area contributed by atoms with Crippen LogP contribution >= 0.6 is 0 Å². The SMILES string of the molecule is C=C(C=C(C)ON)CC. The Kier molecular flexibility index (Phi) is 3.80. The Morgan fingerprint density at radius 3 is 2.67 bits per heavy atom. The third kappa shape index (κ3) is 3.79. The van der Waals surface area contributed by atoms with E-state index in [1.165, 1.54) is 0 Å². The fourth-order valence-corrected chi connectivity index (χ4v) is 0.424. The predicted octanol–water partition coefficient (Wildman–Crippen LogP) is 1.75. The molecule has 0 amide bonds. The van der Waals surface area contributed by atoms with Gasteiger partial charge in [-0.05, 0) is 19.4 Å². The number of rotatable bonds is 3. The van der Waals surface area contributed by atoms with Crippen molar-refractivity contribution in [2.45, 2.75) is 20.3 Å². The maximum Gasteiger partial charge on any atom is 0.121 e. The van der Waals surface area contributed by atoms with Crippen molar-refractivity contribution in [2.75, 3.05) is 0 Å². The van der Waals surface area contributed by atoms with Crippen molar-refractivity contribution in [1.29, 1.82) is 0 Å². The first-order valence-corrected chi connectivity index (χ1v) is 2.93. The summed E-state index contributed by atoms with van der Waals surface area (Å²) in [4.78, 5) is 4.42. The van der Waals surface area contributed by atoms with Crippen LogP contribution in [-0.4, -0.2) is 0 Å². The van der Waals surface area contributed by atoms with Crippen molar-refractivity contribution in [3.05, 3.63) is 24.0 Å². The zero-order chi connectivity index (χ0) is 7.28. The van der Waals surface area contributed by atoms with Gasteiger partial charge in [0.05, 0.1) is 0 Å². The summed E-state index contributed by atoms with van der Waals surface area (Å²) in [6, 6.07) is 0. The van der Waals surface area contributed by atoms with Gasteiger partial charge in [0.25, 0.3) is 0 Å². The monoisotopic (exact) mass is 127 g/mol. The first kappa shape index (κ1) is 8.24. The van der Waals surface area contributed by atoms with Gasteiger partial charge in [-0.2, -0.15) is 5.90 Å². The molecular formula is C7H13NO. The van der Waals surface area contributed by atoms with Crippen LogP contribution in [0.5, 0.6) is 0 Å². The Bertz CT molecular complexity index is 127. The molecule has 0 saturated carbocycles. The van der Waals surface area contributed by atoms with E-state index in [0.29, 0.717) is 5.76 Å². The second-order valence-corrected chi connectivity index (χ2v) is 1.88. The highest BCUT2D eigenvalue weighted by Gasteiger charge is 1.86. The van der Waals surface area contributed by atoms with Crippen LogP contribution in [0.3, 0.4) is 0 Å². The van der Waals surface area contributed by atoms with Gasteiger partial charge in [0.15, 0.2) is 0 Å².